The van der Waals surface area contributed by atoms with Gasteiger partial charge in [0.15, 0.2) is 5.11 Å². The fourth-order valence-electron chi connectivity index (χ4n) is 3.64. The van der Waals surface area contributed by atoms with Crippen LogP contribution in [0.2, 0.25) is 0 Å². The van der Waals surface area contributed by atoms with Crippen LogP contribution in [0.1, 0.15) is 95.6 Å². The van der Waals surface area contributed by atoms with Crippen molar-refractivity contribution in [3.05, 3.63) is 39.9 Å². The van der Waals surface area contributed by atoms with Gasteiger partial charge in [-0.25, -0.2) is 0 Å². The Balaban J connectivity index is 2.12. The average Bonchev–Trinajstić information content (AvgIpc) is 2.80. The van der Waals surface area contributed by atoms with Crippen molar-refractivity contribution in [2.75, 3.05) is 13.2 Å². The molecule has 0 fully saturated rings. The third-order valence-electron chi connectivity index (χ3n) is 5.66. The number of nitro benzene ring substituents is 1. The number of benzene rings is 1. The summed E-state index contributed by atoms with van der Waals surface area (Å²) in [5.41, 5.74) is 0.431. The molecular weight excluding hydrogens is 426 g/mol. The molecule has 0 aromatic heterocycles. The Hall–Kier alpha value is -1.77. The second-order valence-corrected chi connectivity index (χ2v) is 8.78. The summed E-state index contributed by atoms with van der Waals surface area (Å²) in [7, 11) is 0. The topological polar surface area (TPSA) is 108 Å². The van der Waals surface area contributed by atoms with E-state index in [-0.39, 0.29) is 12.3 Å². The molecule has 0 radical (unpaired) electrons. The highest BCUT2D eigenvalue weighted by Crippen LogP contribution is 2.20. The van der Waals surface area contributed by atoms with Gasteiger partial charge >= 0.3 is 0 Å². The van der Waals surface area contributed by atoms with Gasteiger partial charge in [0, 0.05) is 18.7 Å². The summed E-state index contributed by atoms with van der Waals surface area (Å²) in [6.45, 7) is 2.67. The minimum atomic E-state index is -1.04. The van der Waals surface area contributed by atoms with Crippen LogP contribution in [-0.2, 0) is 0 Å². The second-order valence-electron chi connectivity index (χ2n) is 8.37. The normalized spacial score (nSPS) is 12.8. The van der Waals surface area contributed by atoms with Gasteiger partial charge in [0.2, 0.25) is 0 Å². The highest BCUT2D eigenvalue weighted by atomic mass is 32.1. The van der Waals surface area contributed by atoms with Gasteiger partial charge in [-0.05, 0) is 36.3 Å². The molecule has 1 aromatic rings. The zero-order chi connectivity index (χ0) is 23.6. The van der Waals surface area contributed by atoms with Crippen molar-refractivity contribution in [2.45, 2.75) is 96.1 Å². The molecule has 0 aliphatic carbocycles. The van der Waals surface area contributed by atoms with E-state index in [4.69, 9.17) is 12.2 Å². The van der Waals surface area contributed by atoms with E-state index in [0.717, 1.165) is 19.4 Å². The Bertz CT molecular complexity index is 643. The van der Waals surface area contributed by atoms with Gasteiger partial charge in [0.1, 0.15) is 6.10 Å². The molecule has 0 aliphatic heterocycles. The predicted molar refractivity (Wildman–Crippen MR) is 134 cm³/mol. The van der Waals surface area contributed by atoms with Crippen molar-refractivity contribution in [2.24, 2.45) is 0 Å². The van der Waals surface area contributed by atoms with Gasteiger partial charge in [-0.3, -0.25) is 10.1 Å². The number of thiocarbonyl (C=S) groups is 1. The maximum absolute atomic E-state index is 10.7. The quantitative estimate of drug-likeness (QED) is 0.102. The lowest BCUT2D eigenvalue weighted by Gasteiger charge is -2.24. The minimum absolute atomic E-state index is 0.0472. The molecule has 0 amide bonds. The lowest BCUT2D eigenvalue weighted by Crippen LogP contribution is -2.46. The summed E-state index contributed by atoms with van der Waals surface area (Å²) in [4.78, 5) is 10.3. The summed E-state index contributed by atoms with van der Waals surface area (Å²) in [6.07, 6.45) is 14.5. The second kappa shape index (κ2) is 17.7. The molecule has 1 aromatic carbocycles. The number of nitro groups is 1. The fourth-order valence-corrected chi connectivity index (χ4v) is 3.89. The number of aliphatic hydroxyl groups is 2. The fraction of sp³-hybridized carbons (Fsp3) is 0.708. The maximum Gasteiger partial charge on any atom is 0.269 e. The smallest absolute Gasteiger partial charge is 0.269 e. The van der Waals surface area contributed by atoms with Crippen LogP contribution in [-0.4, -0.2) is 39.4 Å². The number of rotatable bonds is 18. The molecule has 2 unspecified atom stereocenters. The number of aliphatic hydroxyl groups excluding tert-OH is 2. The molecule has 8 heteroatoms. The van der Waals surface area contributed by atoms with Gasteiger partial charge in [0.05, 0.1) is 17.6 Å². The zero-order valence-corrected chi connectivity index (χ0v) is 20.2. The number of unbranched alkanes of at least 4 members (excludes halogenated alkanes) is 11. The van der Waals surface area contributed by atoms with E-state index in [2.05, 4.69) is 17.6 Å². The minimum Gasteiger partial charge on any atom is -0.394 e. The van der Waals surface area contributed by atoms with Crippen molar-refractivity contribution in [1.82, 2.24) is 10.6 Å². The summed E-state index contributed by atoms with van der Waals surface area (Å²) in [5, 5.41) is 37.3. The Kier molecular flexibility index (Phi) is 15.7. The molecule has 0 saturated heterocycles. The van der Waals surface area contributed by atoms with Gasteiger partial charge in [-0.15, -0.1) is 0 Å². The standard InChI is InChI=1S/C24H41N3O4S/c1-2-3-4-5-6-7-8-9-10-11-12-13-18-25-24(32)26-22(19-28)23(29)20-14-16-21(17-15-20)27(30)31/h14-17,22-23,28-29H,2-13,18-19H2,1H3,(H2,25,26,32). The molecule has 7 nitrogen and oxygen atoms in total. The summed E-state index contributed by atoms with van der Waals surface area (Å²) in [6, 6.07) is 4.93. The van der Waals surface area contributed by atoms with Crippen molar-refractivity contribution < 1.29 is 15.1 Å². The molecular formula is C24H41N3O4S. The largest absolute Gasteiger partial charge is 0.394 e. The number of hydrogen-bond donors (Lipinski definition) is 4. The first-order valence-corrected chi connectivity index (χ1v) is 12.5. The molecule has 2 atom stereocenters. The van der Waals surface area contributed by atoms with Gasteiger partial charge < -0.3 is 20.8 Å². The van der Waals surface area contributed by atoms with E-state index >= 15 is 0 Å². The van der Waals surface area contributed by atoms with Gasteiger partial charge in [-0.2, -0.15) is 0 Å². The van der Waals surface area contributed by atoms with Crippen LogP contribution in [0.15, 0.2) is 24.3 Å². The Morgan fingerprint density at radius 3 is 1.94 bits per heavy atom. The van der Waals surface area contributed by atoms with Crippen molar-refractivity contribution >= 4 is 23.0 Å². The maximum atomic E-state index is 10.7. The molecule has 182 valence electrons. The third-order valence-corrected chi connectivity index (χ3v) is 5.92. The molecule has 0 bridgehead atoms. The van der Waals surface area contributed by atoms with Crippen LogP contribution in [0.3, 0.4) is 0 Å². The first-order chi connectivity index (χ1) is 15.5. The molecule has 0 aliphatic rings. The van der Waals surface area contributed by atoms with Gasteiger partial charge in [-0.1, -0.05) is 77.6 Å². The molecule has 1 rings (SSSR count). The molecule has 0 spiro atoms. The predicted octanol–water partition coefficient (Wildman–Crippen LogP) is 5.15. The van der Waals surface area contributed by atoms with E-state index in [0.29, 0.717) is 10.7 Å². The average molecular weight is 468 g/mol. The molecule has 0 saturated carbocycles. The Labute approximate surface area is 198 Å². The van der Waals surface area contributed by atoms with E-state index in [1.54, 1.807) is 0 Å². The van der Waals surface area contributed by atoms with E-state index in [9.17, 15) is 20.3 Å². The monoisotopic (exact) mass is 467 g/mol. The number of nitrogens with one attached hydrogen (secondary N) is 2. The van der Waals surface area contributed by atoms with Crippen LogP contribution in [0, 0.1) is 10.1 Å². The first-order valence-electron chi connectivity index (χ1n) is 12.1. The Morgan fingerprint density at radius 2 is 1.47 bits per heavy atom. The van der Waals surface area contributed by atoms with Gasteiger partial charge in [0.25, 0.3) is 5.69 Å². The molecule has 4 N–H and O–H groups in total. The summed E-state index contributed by atoms with van der Waals surface area (Å²) in [5.74, 6) is 0. The number of nitrogens with zero attached hydrogens (tertiary/aromatic N) is 1. The highest BCUT2D eigenvalue weighted by Gasteiger charge is 2.21. The van der Waals surface area contributed by atoms with Crippen LogP contribution < -0.4 is 10.6 Å². The third kappa shape index (κ3) is 12.3. The SMILES string of the molecule is CCCCCCCCCCCCCCNC(=S)NC(CO)C(O)c1ccc([N+](=O)[O-])cc1. The number of non-ortho nitro benzene ring substituents is 1. The van der Waals surface area contributed by atoms with Crippen molar-refractivity contribution in [3.8, 4) is 0 Å². The summed E-state index contributed by atoms with van der Waals surface area (Å²) < 4.78 is 0. The first kappa shape index (κ1) is 28.3. The Morgan fingerprint density at radius 1 is 0.969 bits per heavy atom. The van der Waals surface area contributed by atoms with Crippen LogP contribution in [0.25, 0.3) is 0 Å². The van der Waals surface area contributed by atoms with E-state index in [1.165, 1.54) is 88.5 Å². The lowest BCUT2D eigenvalue weighted by atomic mass is 10.0. The van der Waals surface area contributed by atoms with Crippen LogP contribution in [0.4, 0.5) is 5.69 Å². The molecule has 0 heterocycles. The molecule has 32 heavy (non-hydrogen) atoms. The van der Waals surface area contributed by atoms with E-state index in [1.807, 2.05) is 0 Å². The lowest BCUT2D eigenvalue weighted by molar-refractivity contribution is -0.384. The van der Waals surface area contributed by atoms with E-state index < -0.39 is 17.1 Å². The van der Waals surface area contributed by atoms with Crippen LogP contribution >= 0.6 is 12.2 Å². The van der Waals surface area contributed by atoms with Crippen molar-refractivity contribution in [3.63, 3.8) is 0 Å². The summed E-state index contributed by atoms with van der Waals surface area (Å²) >= 11 is 5.27. The zero-order valence-electron chi connectivity index (χ0n) is 19.4. The van der Waals surface area contributed by atoms with Crippen LogP contribution in [0.5, 0.6) is 0 Å². The van der Waals surface area contributed by atoms with Crippen molar-refractivity contribution in [1.29, 1.82) is 0 Å². The number of hydrogen-bond acceptors (Lipinski definition) is 5. The highest BCUT2D eigenvalue weighted by molar-refractivity contribution is 7.80.